The lowest BCUT2D eigenvalue weighted by atomic mass is 9.97. The van der Waals surface area contributed by atoms with Gasteiger partial charge in [0.1, 0.15) is 5.78 Å². The van der Waals surface area contributed by atoms with Crippen molar-refractivity contribution >= 4 is 18.4 Å². The predicted octanol–water partition coefficient (Wildman–Crippen LogP) is 1.83. The molecule has 0 bridgehead atoms. The Labute approximate surface area is 96.8 Å². The largest absolute Gasteiger partial charge is 0.300 e. The number of hydrogen-bond donors (Lipinski definition) is 0. The van der Waals surface area contributed by atoms with Crippen LogP contribution < -0.4 is 10.4 Å². The standard InChI is InChI=1S/C15H18O/c1-5-6-15-10-14(8-7-11(15)2)9-12(3)13(4)16/h5-8,10,12H,1-2,9H2,3-4H3/b15-6-/t12-/m0/s1. The molecule has 0 aliphatic heterocycles. The molecule has 16 heavy (non-hydrogen) atoms. The molecule has 0 saturated carbocycles. The third-order valence-corrected chi connectivity index (χ3v) is 2.74. The first-order chi connectivity index (χ1) is 7.54. The van der Waals surface area contributed by atoms with Gasteiger partial charge in [0.2, 0.25) is 0 Å². The van der Waals surface area contributed by atoms with Crippen LogP contribution in [-0.4, -0.2) is 5.78 Å². The van der Waals surface area contributed by atoms with E-state index < -0.39 is 0 Å². The van der Waals surface area contributed by atoms with E-state index in [9.17, 15) is 4.79 Å². The fraction of sp³-hybridized carbons (Fsp3) is 0.267. The number of Topliss-reactive ketones (excluding diaryl/α,β-unsaturated/α-hetero) is 1. The van der Waals surface area contributed by atoms with Crippen molar-refractivity contribution in [2.75, 3.05) is 0 Å². The highest BCUT2D eigenvalue weighted by Gasteiger charge is 2.07. The van der Waals surface area contributed by atoms with E-state index >= 15 is 0 Å². The van der Waals surface area contributed by atoms with Gasteiger partial charge in [-0.3, -0.25) is 4.79 Å². The molecule has 0 unspecified atom stereocenters. The first-order valence-electron chi connectivity index (χ1n) is 5.45. The van der Waals surface area contributed by atoms with Crippen LogP contribution in [-0.2, 0) is 11.2 Å². The van der Waals surface area contributed by atoms with Crippen molar-refractivity contribution in [3.05, 3.63) is 46.9 Å². The molecule has 1 atom stereocenters. The molecule has 0 amide bonds. The molecular formula is C15H18O. The second kappa shape index (κ2) is 5.45. The van der Waals surface area contributed by atoms with Crippen LogP contribution in [0.1, 0.15) is 19.4 Å². The lowest BCUT2D eigenvalue weighted by molar-refractivity contribution is -0.120. The molecule has 0 heterocycles. The smallest absolute Gasteiger partial charge is 0.132 e. The van der Waals surface area contributed by atoms with E-state index in [1.165, 1.54) is 5.56 Å². The SMILES string of the molecule is C=C/C=c1/cc(C[C@H](C)C(C)=O)ccc1=C. The molecule has 0 spiro atoms. The van der Waals surface area contributed by atoms with E-state index in [1.54, 1.807) is 13.0 Å². The summed E-state index contributed by atoms with van der Waals surface area (Å²) in [6, 6.07) is 6.09. The molecule has 0 aliphatic rings. The first kappa shape index (κ1) is 12.4. The summed E-state index contributed by atoms with van der Waals surface area (Å²) < 4.78 is 0. The third kappa shape index (κ3) is 3.20. The second-order valence-corrected chi connectivity index (χ2v) is 4.15. The third-order valence-electron chi connectivity index (χ3n) is 2.74. The number of allylic oxidation sites excluding steroid dienone is 1. The van der Waals surface area contributed by atoms with Crippen LogP contribution in [0.15, 0.2) is 30.9 Å². The van der Waals surface area contributed by atoms with Crippen LogP contribution in [0.2, 0.25) is 0 Å². The Hall–Kier alpha value is -1.63. The van der Waals surface area contributed by atoms with Gasteiger partial charge in [0.25, 0.3) is 0 Å². The number of hydrogen-bond acceptors (Lipinski definition) is 1. The van der Waals surface area contributed by atoms with E-state index in [2.05, 4.69) is 19.2 Å². The normalized spacial score (nSPS) is 13.5. The Morgan fingerprint density at radius 1 is 1.50 bits per heavy atom. The maximum absolute atomic E-state index is 11.2. The van der Waals surface area contributed by atoms with E-state index in [1.807, 2.05) is 25.1 Å². The molecule has 0 fully saturated rings. The lowest BCUT2D eigenvalue weighted by Gasteiger charge is -2.07. The maximum atomic E-state index is 11.2. The van der Waals surface area contributed by atoms with Gasteiger partial charge in [-0.1, -0.05) is 50.4 Å². The molecule has 1 aromatic carbocycles. The summed E-state index contributed by atoms with van der Waals surface area (Å²) in [5.74, 6) is 0.306. The van der Waals surface area contributed by atoms with Crippen molar-refractivity contribution in [2.24, 2.45) is 5.92 Å². The molecule has 1 nitrogen and oxygen atoms in total. The highest BCUT2D eigenvalue weighted by Crippen LogP contribution is 2.06. The lowest BCUT2D eigenvalue weighted by Crippen LogP contribution is -2.23. The molecule has 1 rings (SSSR count). The Balaban J connectivity index is 3.04. The quantitative estimate of drug-likeness (QED) is 0.747. The second-order valence-electron chi connectivity index (χ2n) is 4.15. The fourth-order valence-corrected chi connectivity index (χ4v) is 1.55. The van der Waals surface area contributed by atoms with Gasteiger partial charge in [0.05, 0.1) is 0 Å². The summed E-state index contributed by atoms with van der Waals surface area (Å²) in [5, 5.41) is 2.06. The van der Waals surface area contributed by atoms with Gasteiger partial charge in [0, 0.05) is 5.92 Å². The zero-order chi connectivity index (χ0) is 12.1. The Morgan fingerprint density at radius 3 is 2.75 bits per heavy atom. The van der Waals surface area contributed by atoms with Crippen LogP contribution in [0, 0.1) is 5.92 Å². The molecule has 0 saturated heterocycles. The van der Waals surface area contributed by atoms with Gasteiger partial charge in [0.15, 0.2) is 0 Å². The van der Waals surface area contributed by atoms with Gasteiger partial charge in [-0.25, -0.2) is 0 Å². The summed E-state index contributed by atoms with van der Waals surface area (Å²) >= 11 is 0. The van der Waals surface area contributed by atoms with E-state index in [4.69, 9.17) is 0 Å². The topological polar surface area (TPSA) is 17.1 Å². The van der Waals surface area contributed by atoms with Gasteiger partial charge >= 0.3 is 0 Å². The molecule has 0 radical (unpaired) electrons. The summed E-state index contributed by atoms with van der Waals surface area (Å²) in [6.07, 6.45) is 4.47. The van der Waals surface area contributed by atoms with Gasteiger partial charge in [-0.2, -0.15) is 0 Å². The Kier molecular flexibility index (Phi) is 4.24. The number of ketones is 1. The fourth-order valence-electron chi connectivity index (χ4n) is 1.55. The minimum absolute atomic E-state index is 0.0762. The van der Waals surface area contributed by atoms with Crippen LogP contribution in [0.25, 0.3) is 12.7 Å². The monoisotopic (exact) mass is 214 g/mol. The zero-order valence-corrected chi connectivity index (χ0v) is 9.99. The molecule has 0 aliphatic carbocycles. The maximum Gasteiger partial charge on any atom is 0.132 e. The average Bonchev–Trinajstić information content (AvgIpc) is 2.23. The molecule has 84 valence electrons. The minimum Gasteiger partial charge on any atom is -0.300 e. The number of rotatable bonds is 4. The van der Waals surface area contributed by atoms with E-state index in [0.717, 1.165) is 16.9 Å². The molecule has 1 heteroatoms. The van der Waals surface area contributed by atoms with Crippen LogP contribution >= 0.6 is 0 Å². The number of carbonyl (C=O) groups excluding carboxylic acids is 1. The molecule has 0 N–H and O–H groups in total. The zero-order valence-electron chi connectivity index (χ0n) is 9.99. The van der Waals surface area contributed by atoms with Crippen molar-refractivity contribution in [2.45, 2.75) is 20.3 Å². The average molecular weight is 214 g/mol. The van der Waals surface area contributed by atoms with Crippen molar-refractivity contribution in [3.63, 3.8) is 0 Å². The first-order valence-corrected chi connectivity index (χ1v) is 5.45. The number of carbonyl (C=O) groups is 1. The highest BCUT2D eigenvalue weighted by molar-refractivity contribution is 5.78. The van der Waals surface area contributed by atoms with Crippen molar-refractivity contribution in [1.82, 2.24) is 0 Å². The van der Waals surface area contributed by atoms with E-state index in [0.29, 0.717) is 0 Å². The van der Waals surface area contributed by atoms with Crippen LogP contribution in [0.3, 0.4) is 0 Å². The Morgan fingerprint density at radius 2 is 2.19 bits per heavy atom. The summed E-state index contributed by atoms with van der Waals surface area (Å²) in [6.45, 7) is 11.2. The summed E-state index contributed by atoms with van der Waals surface area (Å²) in [5.41, 5.74) is 1.17. The molecular weight excluding hydrogens is 196 g/mol. The highest BCUT2D eigenvalue weighted by atomic mass is 16.1. The summed E-state index contributed by atoms with van der Waals surface area (Å²) in [4.78, 5) is 11.2. The van der Waals surface area contributed by atoms with E-state index in [-0.39, 0.29) is 11.7 Å². The molecule has 0 aromatic heterocycles. The number of benzene rings is 1. The van der Waals surface area contributed by atoms with Crippen LogP contribution in [0.4, 0.5) is 0 Å². The van der Waals surface area contributed by atoms with Crippen molar-refractivity contribution in [3.8, 4) is 0 Å². The van der Waals surface area contributed by atoms with Gasteiger partial charge in [-0.05, 0) is 29.3 Å². The van der Waals surface area contributed by atoms with Gasteiger partial charge < -0.3 is 0 Å². The van der Waals surface area contributed by atoms with Crippen LogP contribution in [0.5, 0.6) is 0 Å². The minimum atomic E-state index is 0.0762. The Bertz CT molecular complexity index is 497. The predicted molar refractivity (Wildman–Crippen MR) is 69.4 cm³/mol. The van der Waals surface area contributed by atoms with Crippen molar-refractivity contribution < 1.29 is 4.79 Å². The molecule has 1 aromatic rings. The summed E-state index contributed by atoms with van der Waals surface area (Å²) in [7, 11) is 0. The van der Waals surface area contributed by atoms with Gasteiger partial charge in [-0.15, -0.1) is 0 Å². The van der Waals surface area contributed by atoms with Crippen molar-refractivity contribution in [1.29, 1.82) is 0 Å².